The van der Waals surface area contributed by atoms with Crippen LogP contribution in [0.5, 0.6) is 17.2 Å². The van der Waals surface area contributed by atoms with Crippen molar-refractivity contribution in [2.45, 2.75) is 0 Å². The van der Waals surface area contributed by atoms with Crippen LogP contribution in [-0.2, 0) is 0 Å². The zero-order chi connectivity index (χ0) is 18.5. The molecule has 0 aliphatic rings. The number of nitrogens with one attached hydrogen (secondary N) is 1. The molecule has 2 N–H and O–H groups in total. The Morgan fingerprint density at radius 2 is 1.69 bits per heavy atom. The molecule has 0 fully saturated rings. The van der Waals surface area contributed by atoms with Gasteiger partial charge in [0.25, 0.3) is 11.6 Å². The van der Waals surface area contributed by atoms with Crippen LogP contribution in [0.1, 0.15) is 10.4 Å². The molecule has 7 nitrogen and oxygen atoms in total. The fourth-order valence-corrected chi connectivity index (χ4v) is 2.28. The molecule has 0 saturated heterocycles. The van der Waals surface area contributed by atoms with Crippen molar-refractivity contribution in [3.63, 3.8) is 0 Å². The van der Waals surface area contributed by atoms with E-state index >= 15 is 0 Å². The van der Waals surface area contributed by atoms with Gasteiger partial charge < -0.3 is 15.2 Å². The summed E-state index contributed by atoms with van der Waals surface area (Å²) in [5, 5.41) is 23.2. The van der Waals surface area contributed by atoms with Gasteiger partial charge in [0.2, 0.25) is 0 Å². The van der Waals surface area contributed by atoms with E-state index in [9.17, 15) is 20.0 Å². The highest BCUT2D eigenvalue weighted by Crippen LogP contribution is 2.26. The fraction of sp³-hybridized carbons (Fsp3) is 0. The third-order valence-electron chi connectivity index (χ3n) is 3.51. The van der Waals surface area contributed by atoms with Crippen LogP contribution in [0.3, 0.4) is 0 Å². The standard InChI is InChI=1S/C19H14N2O5/c22-18-10-9-14(21(24)25)12-17(18)19(23)20-13-5-4-8-16(11-13)26-15-6-2-1-3-7-15/h1-12,22H,(H,20,23). The van der Waals surface area contributed by atoms with Crippen molar-refractivity contribution >= 4 is 17.3 Å². The highest BCUT2D eigenvalue weighted by molar-refractivity contribution is 6.06. The number of para-hydroxylation sites is 1. The molecule has 3 aromatic carbocycles. The predicted octanol–water partition coefficient (Wildman–Crippen LogP) is 4.35. The van der Waals surface area contributed by atoms with Crippen molar-refractivity contribution in [2.75, 3.05) is 5.32 Å². The van der Waals surface area contributed by atoms with Crippen molar-refractivity contribution < 1.29 is 19.6 Å². The second-order valence-corrected chi connectivity index (χ2v) is 5.36. The van der Waals surface area contributed by atoms with Crippen LogP contribution in [-0.4, -0.2) is 15.9 Å². The van der Waals surface area contributed by atoms with E-state index in [1.807, 2.05) is 18.2 Å². The Labute approximate surface area is 148 Å². The van der Waals surface area contributed by atoms with Crippen LogP contribution in [0.4, 0.5) is 11.4 Å². The Kier molecular flexibility index (Phi) is 4.80. The van der Waals surface area contributed by atoms with Crippen LogP contribution in [0, 0.1) is 10.1 Å². The number of nitro groups is 1. The number of anilines is 1. The van der Waals surface area contributed by atoms with Crippen LogP contribution >= 0.6 is 0 Å². The summed E-state index contributed by atoms with van der Waals surface area (Å²) in [4.78, 5) is 22.5. The molecule has 0 aliphatic heterocycles. The molecule has 7 heteroatoms. The summed E-state index contributed by atoms with van der Waals surface area (Å²) in [6.07, 6.45) is 0. The normalized spacial score (nSPS) is 10.2. The number of ether oxygens (including phenoxy) is 1. The summed E-state index contributed by atoms with van der Waals surface area (Å²) in [5.41, 5.74) is -0.0444. The molecule has 0 aromatic heterocycles. The largest absolute Gasteiger partial charge is 0.507 e. The first-order chi connectivity index (χ1) is 12.5. The van der Waals surface area contributed by atoms with Gasteiger partial charge >= 0.3 is 0 Å². The number of carbonyl (C=O) groups excluding carboxylic acids is 1. The van der Waals surface area contributed by atoms with Gasteiger partial charge in [-0.2, -0.15) is 0 Å². The lowest BCUT2D eigenvalue weighted by Gasteiger charge is -2.09. The molecule has 130 valence electrons. The number of aromatic hydroxyl groups is 1. The Bertz CT molecular complexity index is 957. The van der Waals surface area contributed by atoms with Gasteiger partial charge in [-0.1, -0.05) is 24.3 Å². The average Bonchev–Trinajstić information content (AvgIpc) is 2.63. The summed E-state index contributed by atoms with van der Waals surface area (Å²) >= 11 is 0. The molecule has 1 amide bonds. The van der Waals surface area contributed by atoms with Gasteiger partial charge in [-0.15, -0.1) is 0 Å². The first-order valence-corrected chi connectivity index (χ1v) is 7.64. The highest BCUT2D eigenvalue weighted by atomic mass is 16.6. The number of phenolic OH excluding ortho intramolecular Hbond substituents is 1. The molecule has 0 spiro atoms. The van der Waals surface area contributed by atoms with Crippen molar-refractivity contribution in [1.82, 2.24) is 0 Å². The van der Waals surface area contributed by atoms with Gasteiger partial charge in [0.15, 0.2) is 0 Å². The number of benzene rings is 3. The molecular weight excluding hydrogens is 336 g/mol. The van der Waals surface area contributed by atoms with Crippen LogP contribution < -0.4 is 10.1 Å². The molecule has 26 heavy (non-hydrogen) atoms. The molecule has 0 aliphatic carbocycles. The van der Waals surface area contributed by atoms with E-state index in [0.717, 1.165) is 18.2 Å². The summed E-state index contributed by atoms with van der Waals surface area (Å²) in [7, 11) is 0. The van der Waals surface area contributed by atoms with E-state index in [0.29, 0.717) is 17.2 Å². The first kappa shape index (κ1) is 17.0. The minimum Gasteiger partial charge on any atom is -0.507 e. The minimum absolute atomic E-state index is 0.186. The van der Waals surface area contributed by atoms with Crippen molar-refractivity contribution in [3.05, 3.63) is 88.5 Å². The van der Waals surface area contributed by atoms with Gasteiger partial charge in [0.05, 0.1) is 10.5 Å². The van der Waals surface area contributed by atoms with E-state index in [1.54, 1.807) is 36.4 Å². The topological polar surface area (TPSA) is 102 Å². The number of hydrogen-bond acceptors (Lipinski definition) is 5. The van der Waals surface area contributed by atoms with Crippen molar-refractivity contribution in [2.24, 2.45) is 0 Å². The number of non-ortho nitro benzene ring substituents is 1. The quantitative estimate of drug-likeness (QED) is 0.526. The summed E-state index contributed by atoms with van der Waals surface area (Å²) < 4.78 is 5.69. The van der Waals surface area contributed by atoms with E-state index in [1.165, 1.54) is 0 Å². The van der Waals surface area contributed by atoms with Crippen LogP contribution in [0.25, 0.3) is 0 Å². The molecule has 3 aromatic rings. The highest BCUT2D eigenvalue weighted by Gasteiger charge is 2.16. The second-order valence-electron chi connectivity index (χ2n) is 5.36. The lowest BCUT2D eigenvalue weighted by Crippen LogP contribution is -2.12. The van der Waals surface area contributed by atoms with Gasteiger partial charge in [-0.05, 0) is 30.3 Å². The maximum atomic E-state index is 12.3. The summed E-state index contributed by atoms with van der Waals surface area (Å²) in [5.74, 6) is 0.150. The Balaban J connectivity index is 1.79. The zero-order valence-electron chi connectivity index (χ0n) is 13.5. The molecule has 0 heterocycles. The molecule has 0 radical (unpaired) electrons. The number of nitro benzene ring substituents is 1. The molecule has 3 rings (SSSR count). The van der Waals surface area contributed by atoms with Crippen LogP contribution in [0.2, 0.25) is 0 Å². The lowest BCUT2D eigenvalue weighted by molar-refractivity contribution is -0.384. The van der Waals surface area contributed by atoms with Gasteiger partial charge in [0, 0.05) is 23.9 Å². The monoisotopic (exact) mass is 350 g/mol. The van der Waals surface area contributed by atoms with Gasteiger partial charge in [-0.3, -0.25) is 14.9 Å². The molecule has 0 atom stereocenters. The first-order valence-electron chi connectivity index (χ1n) is 7.64. The summed E-state index contributed by atoms with van der Waals surface area (Å²) in [6.45, 7) is 0. The average molecular weight is 350 g/mol. The number of phenols is 1. The van der Waals surface area contributed by atoms with E-state index in [2.05, 4.69) is 5.32 Å². The number of hydrogen-bond donors (Lipinski definition) is 2. The molecule has 0 bridgehead atoms. The number of carbonyl (C=O) groups is 1. The van der Waals surface area contributed by atoms with E-state index in [4.69, 9.17) is 4.74 Å². The van der Waals surface area contributed by atoms with Crippen molar-refractivity contribution in [3.8, 4) is 17.2 Å². The Morgan fingerprint density at radius 1 is 0.962 bits per heavy atom. The third-order valence-corrected chi connectivity index (χ3v) is 3.51. The summed E-state index contributed by atoms with van der Waals surface area (Å²) in [6, 6.07) is 19.1. The zero-order valence-corrected chi connectivity index (χ0v) is 13.5. The number of amides is 1. The Morgan fingerprint density at radius 3 is 2.42 bits per heavy atom. The number of rotatable bonds is 5. The Hall–Kier alpha value is -3.87. The fourth-order valence-electron chi connectivity index (χ4n) is 2.28. The minimum atomic E-state index is -0.664. The molecular formula is C19H14N2O5. The predicted molar refractivity (Wildman–Crippen MR) is 95.7 cm³/mol. The van der Waals surface area contributed by atoms with E-state index < -0.39 is 10.8 Å². The van der Waals surface area contributed by atoms with Crippen LogP contribution in [0.15, 0.2) is 72.8 Å². The molecule has 0 saturated carbocycles. The maximum absolute atomic E-state index is 12.3. The van der Waals surface area contributed by atoms with Gasteiger partial charge in [0.1, 0.15) is 17.2 Å². The third kappa shape index (κ3) is 3.96. The van der Waals surface area contributed by atoms with Gasteiger partial charge in [-0.25, -0.2) is 0 Å². The van der Waals surface area contributed by atoms with E-state index in [-0.39, 0.29) is 17.0 Å². The SMILES string of the molecule is O=C(Nc1cccc(Oc2ccccc2)c1)c1cc([N+](=O)[O-])ccc1O. The smallest absolute Gasteiger partial charge is 0.270 e. The lowest BCUT2D eigenvalue weighted by atomic mass is 10.1. The maximum Gasteiger partial charge on any atom is 0.270 e. The molecule has 0 unspecified atom stereocenters. The number of nitrogens with zero attached hydrogens (tertiary/aromatic N) is 1. The second kappa shape index (κ2) is 7.35. The van der Waals surface area contributed by atoms with Crippen molar-refractivity contribution in [1.29, 1.82) is 0 Å².